The van der Waals surface area contributed by atoms with Crippen LogP contribution in [0.3, 0.4) is 0 Å². The van der Waals surface area contributed by atoms with Crippen molar-refractivity contribution in [3.05, 3.63) is 44.2 Å². The zero-order valence-corrected chi connectivity index (χ0v) is 14.7. The van der Waals surface area contributed by atoms with Crippen molar-refractivity contribution in [3.63, 3.8) is 0 Å². The topological polar surface area (TPSA) is 46.2 Å². The van der Waals surface area contributed by atoms with Crippen molar-refractivity contribution in [2.24, 2.45) is 0 Å². The number of alkyl halides is 3. The Hall–Kier alpha value is -0.580. The van der Waals surface area contributed by atoms with Crippen LogP contribution in [-0.4, -0.2) is 8.42 Å². The van der Waals surface area contributed by atoms with E-state index in [4.69, 9.17) is 0 Å². The smallest absolute Gasteiger partial charge is 0.279 e. The number of hydrogen-bond acceptors (Lipinski definition) is 3. The van der Waals surface area contributed by atoms with E-state index >= 15 is 0 Å². The van der Waals surface area contributed by atoms with Crippen LogP contribution in [0.15, 0.2) is 42.8 Å². The van der Waals surface area contributed by atoms with Crippen LogP contribution >= 0.6 is 43.2 Å². The van der Waals surface area contributed by atoms with Gasteiger partial charge in [-0.05, 0) is 45.6 Å². The molecule has 0 saturated carbocycles. The molecule has 0 aliphatic heterocycles. The van der Waals surface area contributed by atoms with Gasteiger partial charge in [0.15, 0.2) is 4.21 Å². The van der Waals surface area contributed by atoms with Gasteiger partial charge in [0.2, 0.25) is 0 Å². The number of halogens is 5. The molecule has 0 atom stereocenters. The number of thiophene rings is 1. The fourth-order valence-electron chi connectivity index (χ4n) is 1.48. The van der Waals surface area contributed by atoms with Gasteiger partial charge in [-0.1, -0.05) is 15.9 Å². The molecule has 1 aromatic heterocycles. The van der Waals surface area contributed by atoms with Crippen LogP contribution in [-0.2, 0) is 16.2 Å². The number of hydrogen-bond donors (Lipinski definition) is 1. The quantitative estimate of drug-likeness (QED) is 0.687. The lowest BCUT2D eigenvalue weighted by molar-refractivity contribution is -0.138. The third-order valence-corrected chi connectivity index (χ3v) is 7.10. The molecule has 0 amide bonds. The Morgan fingerprint density at radius 1 is 1.10 bits per heavy atom. The van der Waals surface area contributed by atoms with Gasteiger partial charge in [0.25, 0.3) is 10.0 Å². The monoisotopic (exact) mass is 463 g/mol. The average molecular weight is 465 g/mol. The van der Waals surface area contributed by atoms with E-state index in [-0.39, 0.29) is 14.4 Å². The third-order valence-electron chi connectivity index (χ3n) is 2.35. The van der Waals surface area contributed by atoms with Crippen molar-refractivity contribution in [3.8, 4) is 0 Å². The number of benzene rings is 1. The predicted molar refractivity (Wildman–Crippen MR) is 82.0 cm³/mol. The SMILES string of the molecule is O=S(=O)(Nc1ccc(Br)c(C(F)(F)F)c1)c1sccc1Br. The molecule has 0 aliphatic carbocycles. The van der Waals surface area contributed by atoms with Gasteiger partial charge in [0.05, 0.1) is 5.56 Å². The van der Waals surface area contributed by atoms with Crippen molar-refractivity contribution >= 4 is 58.9 Å². The molecule has 0 fully saturated rings. The molecule has 0 spiro atoms. The molecule has 1 N–H and O–H groups in total. The molecule has 2 rings (SSSR count). The minimum absolute atomic E-state index is 0.000947. The van der Waals surface area contributed by atoms with E-state index in [1.807, 2.05) is 0 Å². The summed E-state index contributed by atoms with van der Waals surface area (Å²) >= 11 is 6.83. The zero-order chi connectivity index (χ0) is 15.8. The molecule has 0 saturated heterocycles. The first-order valence-electron chi connectivity index (χ1n) is 5.24. The van der Waals surface area contributed by atoms with E-state index in [9.17, 15) is 21.6 Å². The summed E-state index contributed by atoms with van der Waals surface area (Å²) in [6.07, 6.45) is -4.58. The third kappa shape index (κ3) is 3.79. The molecule has 1 aromatic carbocycles. The van der Waals surface area contributed by atoms with E-state index in [2.05, 4.69) is 36.6 Å². The lowest BCUT2D eigenvalue weighted by Gasteiger charge is -2.12. The molecule has 0 aliphatic rings. The van der Waals surface area contributed by atoms with Crippen LogP contribution < -0.4 is 4.72 Å². The first-order valence-corrected chi connectivity index (χ1v) is 9.19. The van der Waals surface area contributed by atoms with Crippen molar-refractivity contribution < 1.29 is 21.6 Å². The van der Waals surface area contributed by atoms with E-state index in [1.165, 1.54) is 6.07 Å². The minimum Gasteiger partial charge on any atom is -0.279 e. The second-order valence-corrected chi connectivity index (χ2v) is 8.36. The Morgan fingerprint density at radius 2 is 1.76 bits per heavy atom. The van der Waals surface area contributed by atoms with Crippen molar-refractivity contribution in [1.82, 2.24) is 0 Å². The maximum absolute atomic E-state index is 12.8. The summed E-state index contributed by atoms with van der Waals surface area (Å²) in [5.41, 5.74) is -1.11. The highest BCUT2D eigenvalue weighted by atomic mass is 79.9. The molecular weight excluding hydrogens is 459 g/mol. The molecule has 21 heavy (non-hydrogen) atoms. The van der Waals surface area contributed by atoms with Gasteiger partial charge in [-0.25, -0.2) is 8.42 Å². The van der Waals surface area contributed by atoms with E-state index in [0.717, 1.165) is 23.5 Å². The Kier molecular flexibility index (Phi) is 4.72. The van der Waals surface area contributed by atoms with Gasteiger partial charge in [-0.2, -0.15) is 13.2 Å². The summed E-state index contributed by atoms with van der Waals surface area (Å²) < 4.78 is 64.9. The standard InChI is InChI=1S/C11H6Br2F3NO2S2/c12-8-2-1-6(5-7(8)11(14,15)16)17-21(18,19)10-9(13)3-4-20-10/h1-5,17H. The molecule has 0 unspecified atom stereocenters. The van der Waals surface area contributed by atoms with Crippen LogP contribution in [0.25, 0.3) is 0 Å². The molecule has 1 heterocycles. The zero-order valence-electron chi connectivity index (χ0n) is 9.91. The summed E-state index contributed by atoms with van der Waals surface area (Å²) in [5, 5.41) is 1.56. The largest absolute Gasteiger partial charge is 0.417 e. The maximum Gasteiger partial charge on any atom is 0.417 e. The molecule has 0 radical (unpaired) electrons. The average Bonchev–Trinajstić information content (AvgIpc) is 2.77. The van der Waals surface area contributed by atoms with Gasteiger partial charge in [-0.3, -0.25) is 4.72 Å². The molecule has 3 nitrogen and oxygen atoms in total. The molecule has 114 valence electrons. The summed E-state index contributed by atoms with van der Waals surface area (Å²) in [7, 11) is -3.94. The molecule has 2 aromatic rings. The van der Waals surface area contributed by atoms with Gasteiger partial charge in [0, 0.05) is 14.6 Å². The van der Waals surface area contributed by atoms with Crippen LogP contribution in [0.1, 0.15) is 5.56 Å². The van der Waals surface area contributed by atoms with Gasteiger partial charge < -0.3 is 0 Å². The second kappa shape index (κ2) is 5.90. The van der Waals surface area contributed by atoms with E-state index in [0.29, 0.717) is 4.47 Å². The summed E-state index contributed by atoms with van der Waals surface area (Å²) in [6.45, 7) is 0. The summed E-state index contributed by atoms with van der Waals surface area (Å²) in [6, 6.07) is 4.67. The Morgan fingerprint density at radius 3 is 2.29 bits per heavy atom. The highest BCUT2D eigenvalue weighted by molar-refractivity contribution is 9.10. The first-order chi connectivity index (χ1) is 9.61. The number of nitrogens with one attached hydrogen (secondary N) is 1. The minimum atomic E-state index is -4.58. The summed E-state index contributed by atoms with van der Waals surface area (Å²) in [5.74, 6) is 0. The fraction of sp³-hybridized carbons (Fsp3) is 0.0909. The first kappa shape index (κ1) is 16.8. The maximum atomic E-state index is 12.8. The number of sulfonamides is 1. The van der Waals surface area contributed by atoms with Gasteiger partial charge >= 0.3 is 6.18 Å². The Balaban J connectivity index is 2.39. The lowest BCUT2D eigenvalue weighted by atomic mass is 10.2. The van der Waals surface area contributed by atoms with E-state index in [1.54, 1.807) is 11.4 Å². The number of anilines is 1. The van der Waals surface area contributed by atoms with Crippen LogP contribution in [0.2, 0.25) is 0 Å². The Bertz CT molecular complexity index is 772. The van der Waals surface area contributed by atoms with Gasteiger partial charge in [-0.15, -0.1) is 11.3 Å². The fourth-order valence-corrected chi connectivity index (χ4v) is 5.34. The van der Waals surface area contributed by atoms with Gasteiger partial charge in [0.1, 0.15) is 0 Å². The molecule has 0 bridgehead atoms. The van der Waals surface area contributed by atoms with Crippen LogP contribution in [0, 0.1) is 0 Å². The molecular formula is C11H6Br2F3NO2S2. The normalized spacial score (nSPS) is 12.4. The summed E-state index contributed by atoms with van der Waals surface area (Å²) in [4.78, 5) is 0. The molecule has 10 heteroatoms. The highest BCUT2D eigenvalue weighted by Crippen LogP contribution is 2.37. The van der Waals surface area contributed by atoms with E-state index < -0.39 is 21.8 Å². The Labute approximate surface area is 139 Å². The number of rotatable bonds is 3. The second-order valence-electron chi connectivity index (χ2n) is 3.85. The van der Waals surface area contributed by atoms with Crippen LogP contribution in [0.5, 0.6) is 0 Å². The van der Waals surface area contributed by atoms with Crippen molar-refractivity contribution in [1.29, 1.82) is 0 Å². The van der Waals surface area contributed by atoms with Crippen molar-refractivity contribution in [2.75, 3.05) is 4.72 Å². The van der Waals surface area contributed by atoms with Crippen LogP contribution in [0.4, 0.5) is 18.9 Å². The lowest BCUT2D eigenvalue weighted by Crippen LogP contribution is -2.13. The van der Waals surface area contributed by atoms with Crippen molar-refractivity contribution in [2.45, 2.75) is 10.4 Å². The predicted octanol–water partition coefficient (Wildman–Crippen LogP) is 5.09. The highest BCUT2D eigenvalue weighted by Gasteiger charge is 2.33.